The van der Waals surface area contributed by atoms with Gasteiger partial charge in [-0.2, -0.15) is 18.3 Å². The largest absolute Gasteiger partial charge is 0.435 e. The maximum Gasteiger partial charge on any atom is 0.435 e. The average molecular weight is 285 g/mol. The van der Waals surface area contributed by atoms with Gasteiger partial charge in [0.2, 0.25) is 10.0 Å². The molecule has 0 saturated heterocycles. The highest BCUT2D eigenvalue weighted by Gasteiger charge is 2.33. The first-order chi connectivity index (χ1) is 8.09. The lowest BCUT2D eigenvalue weighted by atomic mass is 10.4. The van der Waals surface area contributed by atoms with Gasteiger partial charge in [-0.05, 0) is 6.07 Å². The molecule has 1 N–H and O–H groups in total. The van der Waals surface area contributed by atoms with Crippen molar-refractivity contribution in [3.8, 4) is 0 Å². The van der Waals surface area contributed by atoms with E-state index in [2.05, 4.69) is 5.10 Å². The number of halogens is 3. The number of rotatable bonds is 4. The number of hydrogen-bond acceptors (Lipinski definition) is 4. The van der Waals surface area contributed by atoms with Gasteiger partial charge in [-0.15, -0.1) is 0 Å². The number of sulfonamides is 1. The third-order valence-corrected chi connectivity index (χ3v) is 2.57. The van der Waals surface area contributed by atoms with E-state index in [-0.39, 0.29) is 13.1 Å². The lowest BCUT2D eigenvalue weighted by Gasteiger charge is -2.09. The summed E-state index contributed by atoms with van der Waals surface area (Å²) in [6.07, 6.45) is -3.75. The van der Waals surface area contributed by atoms with Crippen molar-refractivity contribution in [3.63, 3.8) is 0 Å². The van der Waals surface area contributed by atoms with Crippen LogP contribution in [0, 0.1) is 0 Å². The summed E-state index contributed by atoms with van der Waals surface area (Å²) in [4.78, 5) is 11.2. The van der Waals surface area contributed by atoms with Crippen molar-refractivity contribution in [2.24, 2.45) is 0 Å². The number of nitrogens with zero attached hydrogens (tertiary/aromatic N) is 2. The SMILES string of the molecule is CS(=O)(=O)NCCn1nc(C(F)(F)F)ccc1=O. The van der Waals surface area contributed by atoms with Gasteiger partial charge in [-0.3, -0.25) is 4.79 Å². The molecule has 0 fully saturated rings. The molecule has 0 aliphatic rings. The predicted molar refractivity (Wildman–Crippen MR) is 56.3 cm³/mol. The van der Waals surface area contributed by atoms with Gasteiger partial charge < -0.3 is 0 Å². The van der Waals surface area contributed by atoms with Crippen molar-refractivity contribution in [2.75, 3.05) is 12.8 Å². The molecule has 10 heteroatoms. The summed E-state index contributed by atoms with van der Waals surface area (Å²) in [7, 11) is -3.46. The zero-order chi connectivity index (χ0) is 14.0. The number of nitrogens with one attached hydrogen (secondary N) is 1. The number of hydrogen-bond donors (Lipinski definition) is 1. The minimum atomic E-state index is -4.65. The first kappa shape index (κ1) is 14.6. The first-order valence-electron chi connectivity index (χ1n) is 4.69. The van der Waals surface area contributed by atoms with Gasteiger partial charge in [0.25, 0.3) is 5.56 Å². The van der Waals surface area contributed by atoms with Crippen LogP contribution >= 0.6 is 0 Å². The molecule has 0 aliphatic heterocycles. The molecule has 1 rings (SSSR count). The van der Waals surface area contributed by atoms with Crippen molar-refractivity contribution in [1.29, 1.82) is 0 Å². The quantitative estimate of drug-likeness (QED) is 0.831. The van der Waals surface area contributed by atoms with E-state index < -0.39 is 27.5 Å². The molecule has 102 valence electrons. The summed E-state index contributed by atoms with van der Waals surface area (Å²) >= 11 is 0. The highest BCUT2D eigenvalue weighted by Crippen LogP contribution is 2.26. The molecule has 0 atom stereocenters. The molecular formula is C8H10F3N3O3S. The van der Waals surface area contributed by atoms with Crippen LogP contribution in [0.3, 0.4) is 0 Å². The van der Waals surface area contributed by atoms with E-state index in [9.17, 15) is 26.4 Å². The van der Waals surface area contributed by atoms with Crippen LogP contribution < -0.4 is 10.3 Å². The molecule has 0 amide bonds. The van der Waals surface area contributed by atoms with Gasteiger partial charge in [0.05, 0.1) is 12.8 Å². The summed E-state index contributed by atoms with van der Waals surface area (Å²) < 4.78 is 61.0. The fourth-order valence-corrected chi connectivity index (χ4v) is 1.56. The summed E-state index contributed by atoms with van der Waals surface area (Å²) in [5, 5.41) is 3.11. The van der Waals surface area contributed by atoms with E-state index in [1.807, 2.05) is 4.72 Å². The van der Waals surface area contributed by atoms with Crippen molar-refractivity contribution >= 4 is 10.0 Å². The molecule has 0 saturated carbocycles. The Balaban J connectivity index is 2.86. The minimum absolute atomic E-state index is 0.215. The van der Waals surface area contributed by atoms with Crippen molar-refractivity contribution < 1.29 is 21.6 Å². The lowest BCUT2D eigenvalue weighted by Crippen LogP contribution is -2.32. The van der Waals surface area contributed by atoms with E-state index in [1.165, 1.54) is 0 Å². The van der Waals surface area contributed by atoms with Crippen molar-refractivity contribution in [3.05, 3.63) is 28.2 Å². The van der Waals surface area contributed by atoms with E-state index >= 15 is 0 Å². The molecule has 1 aromatic heterocycles. The Hall–Kier alpha value is -1.42. The van der Waals surface area contributed by atoms with Crippen molar-refractivity contribution in [1.82, 2.24) is 14.5 Å². The number of alkyl halides is 3. The van der Waals surface area contributed by atoms with Crippen molar-refractivity contribution in [2.45, 2.75) is 12.7 Å². The summed E-state index contributed by atoms with van der Waals surface area (Å²) in [6.45, 7) is -0.497. The molecule has 0 unspecified atom stereocenters. The Morgan fingerprint density at radius 2 is 2.00 bits per heavy atom. The smallest absolute Gasteiger partial charge is 0.268 e. The Labute approximate surface area is 100 Å². The molecule has 0 aromatic carbocycles. The van der Waals surface area contributed by atoms with Gasteiger partial charge in [0, 0.05) is 12.6 Å². The summed E-state index contributed by atoms with van der Waals surface area (Å²) in [6, 6.07) is 1.30. The molecule has 0 radical (unpaired) electrons. The normalized spacial score (nSPS) is 12.7. The number of aromatic nitrogens is 2. The second-order valence-corrected chi connectivity index (χ2v) is 5.28. The van der Waals surface area contributed by atoms with Crippen LogP contribution in [0.1, 0.15) is 5.69 Å². The second kappa shape index (κ2) is 5.06. The van der Waals surface area contributed by atoms with Gasteiger partial charge in [-0.1, -0.05) is 0 Å². The molecule has 1 heterocycles. The maximum atomic E-state index is 12.3. The van der Waals surface area contributed by atoms with E-state index in [0.29, 0.717) is 10.7 Å². The fraction of sp³-hybridized carbons (Fsp3) is 0.500. The minimum Gasteiger partial charge on any atom is -0.268 e. The Morgan fingerprint density at radius 1 is 1.39 bits per heavy atom. The standard InChI is InChI=1S/C8H10F3N3O3S/c1-18(16,17)12-4-5-14-7(15)3-2-6(13-14)8(9,10)11/h2-3,12H,4-5H2,1H3. The van der Waals surface area contributed by atoms with Crippen LogP contribution in [0.5, 0.6) is 0 Å². The van der Waals surface area contributed by atoms with Gasteiger partial charge in [0.1, 0.15) is 0 Å². The van der Waals surface area contributed by atoms with Gasteiger partial charge >= 0.3 is 6.18 Å². The highest BCUT2D eigenvalue weighted by atomic mass is 32.2. The third-order valence-electron chi connectivity index (χ3n) is 1.84. The Bertz CT molecular complexity index is 579. The molecule has 1 aromatic rings. The second-order valence-electron chi connectivity index (χ2n) is 3.44. The van der Waals surface area contributed by atoms with E-state index in [0.717, 1.165) is 12.3 Å². The summed E-state index contributed by atoms with van der Waals surface area (Å²) in [5.41, 5.74) is -1.94. The van der Waals surface area contributed by atoms with Gasteiger partial charge in [0.15, 0.2) is 5.69 Å². The first-order valence-corrected chi connectivity index (χ1v) is 6.59. The van der Waals surface area contributed by atoms with E-state index in [4.69, 9.17) is 0 Å². The lowest BCUT2D eigenvalue weighted by molar-refractivity contribution is -0.142. The van der Waals surface area contributed by atoms with Crippen LogP contribution in [0.25, 0.3) is 0 Å². The molecular weight excluding hydrogens is 275 g/mol. The molecule has 0 aliphatic carbocycles. The maximum absolute atomic E-state index is 12.3. The van der Waals surface area contributed by atoms with E-state index in [1.54, 1.807) is 0 Å². The zero-order valence-corrected chi connectivity index (χ0v) is 10.0. The third kappa shape index (κ3) is 4.45. The zero-order valence-electron chi connectivity index (χ0n) is 9.23. The van der Waals surface area contributed by atoms with Crippen LogP contribution in [0.15, 0.2) is 16.9 Å². The summed E-state index contributed by atoms with van der Waals surface area (Å²) in [5.74, 6) is 0. The Morgan fingerprint density at radius 3 is 2.50 bits per heavy atom. The molecule has 0 bridgehead atoms. The topological polar surface area (TPSA) is 81.1 Å². The average Bonchev–Trinajstić information content (AvgIpc) is 2.17. The molecule has 0 spiro atoms. The van der Waals surface area contributed by atoms with Crippen LogP contribution in [-0.4, -0.2) is 31.0 Å². The fourth-order valence-electron chi connectivity index (χ4n) is 1.10. The van der Waals surface area contributed by atoms with Crippen LogP contribution in [-0.2, 0) is 22.7 Å². The molecule has 18 heavy (non-hydrogen) atoms. The van der Waals surface area contributed by atoms with Gasteiger partial charge in [-0.25, -0.2) is 17.8 Å². The monoisotopic (exact) mass is 285 g/mol. The van der Waals surface area contributed by atoms with Crippen LogP contribution in [0.2, 0.25) is 0 Å². The molecule has 6 nitrogen and oxygen atoms in total. The van der Waals surface area contributed by atoms with Crippen LogP contribution in [0.4, 0.5) is 13.2 Å². The predicted octanol–water partition coefficient (Wildman–Crippen LogP) is -0.189. The highest BCUT2D eigenvalue weighted by molar-refractivity contribution is 7.88. The Kier molecular flexibility index (Phi) is 4.12.